The van der Waals surface area contributed by atoms with Crippen LogP contribution in [0.3, 0.4) is 0 Å². The molecule has 1 aromatic carbocycles. The number of benzene rings is 1. The number of hydrogen-bond donors (Lipinski definition) is 1. The maximum atomic E-state index is 5.61. The van der Waals surface area contributed by atoms with Gasteiger partial charge in [0.1, 0.15) is 5.69 Å². The molecule has 0 amide bonds. The Bertz CT molecular complexity index is 542. The summed E-state index contributed by atoms with van der Waals surface area (Å²) >= 11 is 1.18. The molecule has 0 fully saturated rings. The fraction of sp³-hybridized carbons (Fsp3) is 0.385. The summed E-state index contributed by atoms with van der Waals surface area (Å²) in [4.78, 5) is 0. The van der Waals surface area contributed by atoms with Crippen LogP contribution in [-0.2, 0) is 0 Å². The van der Waals surface area contributed by atoms with Crippen LogP contribution in [0.15, 0.2) is 18.2 Å². The Morgan fingerprint density at radius 1 is 1.11 bits per heavy atom. The highest BCUT2D eigenvalue weighted by molar-refractivity contribution is 6.99. The van der Waals surface area contributed by atoms with Crippen molar-refractivity contribution < 1.29 is 9.47 Å². The third-order valence-corrected chi connectivity index (χ3v) is 3.07. The van der Waals surface area contributed by atoms with Crippen LogP contribution in [0.2, 0.25) is 0 Å². The quantitative estimate of drug-likeness (QED) is 0.880. The minimum absolute atomic E-state index is 0.595. The van der Waals surface area contributed by atoms with E-state index in [-0.39, 0.29) is 0 Å². The van der Waals surface area contributed by atoms with Crippen molar-refractivity contribution in [3.63, 3.8) is 0 Å². The Morgan fingerprint density at radius 2 is 1.84 bits per heavy atom. The van der Waals surface area contributed by atoms with Gasteiger partial charge in [-0.2, -0.15) is 8.75 Å². The lowest BCUT2D eigenvalue weighted by Gasteiger charge is -2.12. The average Bonchev–Trinajstić information content (AvgIpc) is 2.89. The molecule has 0 aliphatic heterocycles. The van der Waals surface area contributed by atoms with Crippen molar-refractivity contribution in [3.8, 4) is 22.8 Å². The molecule has 1 heterocycles. The molecule has 0 bridgehead atoms. The molecule has 0 aliphatic carbocycles. The molecule has 0 radical (unpaired) electrons. The van der Waals surface area contributed by atoms with Crippen molar-refractivity contribution in [2.24, 2.45) is 0 Å². The van der Waals surface area contributed by atoms with Gasteiger partial charge in [0.15, 0.2) is 17.3 Å². The van der Waals surface area contributed by atoms with Crippen molar-refractivity contribution in [2.45, 2.75) is 13.8 Å². The number of hydrogen-bond acceptors (Lipinski definition) is 6. The lowest BCUT2D eigenvalue weighted by Crippen LogP contribution is -1.99. The molecular formula is C13H17N3O2S. The van der Waals surface area contributed by atoms with Crippen LogP contribution in [0.25, 0.3) is 11.3 Å². The second-order valence-corrected chi connectivity index (χ2v) is 4.27. The Hall–Kier alpha value is -1.82. The molecule has 0 unspecified atom stereocenters. The van der Waals surface area contributed by atoms with Gasteiger partial charge in [-0.1, -0.05) is 0 Å². The average molecular weight is 279 g/mol. The summed E-state index contributed by atoms with van der Waals surface area (Å²) in [7, 11) is 1.83. The molecule has 0 spiro atoms. The van der Waals surface area contributed by atoms with E-state index in [1.165, 1.54) is 11.7 Å². The number of ether oxygens (including phenoxy) is 2. The molecule has 2 aromatic rings. The van der Waals surface area contributed by atoms with Crippen LogP contribution < -0.4 is 14.8 Å². The van der Waals surface area contributed by atoms with E-state index in [0.29, 0.717) is 13.2 Å². The van der Waals surface area contributed by atoms with E-state index in [9.17, 15) is 0 Å². The molecule has 5 nitrogen and oxygen atoms in total. The van der Waals surface area contributed by atoms with Crippen LogP contribution in [0.5, 0.6) is 11.5 Å². The zero-order valence-corrected chi connectivity index (χ0v) is 12.1. The van der Waals surface area contributed by atoms with E-state index in [1.54, 1.807) is 0 Å². The summed E-state index contributed by atoms with van der Waals surface area (Å²) in [6.45, 7) is 5.11. The van der Waals surface area contributed by atoms with Crippen molar-refractivity contribution in [3.05, 3.63) is 18.2 Å². The third kappa shape index (κ3) is 2.96. The van der Waals surface area contributed by atoms with Crippen LogP contribution in [0.4, 0.5) is 5.82 Å². The van der Waals surface area contributed by atoms with Crippen LogP contribution >= 0.6 is 11.7 Å². The van der Waals surface area contributed by atoms with Gasteiger partial charge in [-0.25, -0.2) is 0 Å². The predicted molar refractivity (Wildman–Crippen MR) is 77.2 cm³/mol. The first-order chi connectivity index (χ1) is 9.30. The van der Waals surface area contributed by atoms with Gasteiger partial charge in [-0.15, -0.1) is 0 Å². The second-order valence-electron chi connectivity index (χ2n) is 3.74. The Balaban J connectivity index is 2.39. The summed E-state index contributed by atoms with van der Waals surface area (Å²) in [5.74, 6) is 2.26. The van der Waals surface area contributed by atoms with Crippen molar-refractivity contribution >= 4 is 17.5 Å². The first-order valence-electron chi connectivity index (χ1n) is 6.20. The lowest BCUT2D eigenvalue weighted by atomic mass is 10.1. The minimum atomic E-state index is 0.595. The Labute approximate surface area is 116 Å². The molecule has 19 heavy (non-hydrogen) atoms. The van der Waals surface area contributed by atoms with E-state index in [1.807, 2.05) is 39.1 Å². The molecule has 6 heteroatoms. The highest BCUT2D eigenvalue weighted by atomic mass is 32.1. The molecule has 0 saturated heterocycles. The monoisotopic (exact) mass is 279 g/mol. The molecule has 0 atom stereocenters. The number of nitrogens with one attached hydrogen (secondary N) is 1. The zero-order chi connectivity index (χ0) is 13.7. The second kappa shape index (κ2) is 6.38. The lowest BCUT2D eigenvalue weighted by molar-refractivity contribution is 0.288. The molecular weight excluding hydrogens is 262 g/mol. The number of nitrogens with zero attached hydrogens (tertiary/aromatic N) is 2. The van der Waals surface area contributed by atoms with E-state index in [0.717, 1.165) is 28.6 Å². The highest BCUT2D eigenvalue weighted by Crippen LogP contribution is 2.34. The fourth-order valence-electron chi connectivity index (χ4n) is 1.74. The molecule has 2 rings (SSSR count). The summed E-state index contributed by atoms with van der Waals surface area (Å²) in [5, 5.41) is 3.03. The van der Waals surface area contributed by atoms with Gasteiger partial charge in [-0.3, -0.25) is 0 Å². The normalized spacial score (nSPS) is 10.3. The zero-order valence-electron chi connectivity index (χ0n) is 11.3. The van der Waals surface area contributed by atoms with Gasteiger partial charge in [0, 0.05) is 12.6 Å². The molecule has 102 valence electrons. The molecule has 1 aromatic heterocycles. The predicted octanol–water partition coefficient (Wildman–Crippen LogP) is 3.04. The van der Waals surface area contributed by atoms with E-state index < -0.39 is 0 Å². The van der Waals surface area contributed by atoms with Crippen LogP contribution in [0, 0.1) is 0 Å². The molecule has 1 N–H and O–H groups in total. The summed E-state index contributed by atoms with van der Waals surface area (Å²) in [6, 6.07) is 5.81. The SMILES string of the molecule is CCOc1ccc(-c2nsnc2NC)cc1OCC. The molecule has 0 aliphatic rings. The number of aromatic nitrogens is 2. The number of rotatable bonds is 6. The van der Waals surface area contributed by atoms with Crippen LogP contribution in [0.1, 0.15) is 13.8 Å². The Kier molecular flexibility index (Phi) is 4.57. The topological polar surface area (TPSA) is 56.3 Å². The van der Waals surface area contributed by atoms with E-state index in [4.69, 9.17) is 9.47 Å². The molecule has 0 saturated carbocycles. The summed E-state index contributed by atoms with van der Waals surface area (Å²) in [5.41, 5.74) is 1.79. The van der Waals surface area contributed by atoms with E-state index in [2.05, 4.69) is 14.1 Å². The van der Waals surface area contributed by atoms with Crippen molar-refractivity contribution in [2.75, 3.05) is 25.6 Å². The van der Waals surface area contributed by atoms with Gasteiger partial charge in [0.05, 0.1) is 24.9 Å². The first kappa shape index (κ1) is 13.6. The summed E-state index contributed by atoms with van der Waals surface area (Å²) < 4.78 is 19.7. The van der Waals surface area contributed by atoms with Crippen LogP contribution in [-0.4, -0.2) is 29.0 Å². The van der Waals surface area contributed by atoms with Gasteiger partial charge in [-0.05, 0) is 32.0 Å². The van der Waals surface area contributed by atoms with Gasteiger partial charge in [0.25, 0.3) is 0 Å². The number of anilines is 1. The standard InChI is InChI=1S/C13H17N3O2S/c1-4-17-10-7-6-9(8-11(10)18-5-2)12-13(14-3)16-19-15-12/h6-8H,4-5H2,1-3H3,(H,14,16). The largest absolute Gasteiger partial charge is 0.490 e. The van der Waals surface area contributed by atoms with E-state index >= 15 is 0 Å². The van der Waals surface area contributed by atoms with Gasteiger partial charge >= 0.3 is 0 Å². The minimum Gasteiger partial charge on any atom is -0.490 e. The smallest absolute Gasteiger partial charge is 0.167 e. The van der Waals surface area contributed by atoms with Gasteiger partial charge in [0.2, 0.25) is 0 Å². The summed E-state index contributed by atoms with van der Waals surface area (Å²) in [6.07, 6.45) is 0. The van der Waals surface area contributed by atoms with Crippen molar-refractivity contribution in [1.29, 1.82) is 0 Å². The third-order valence-electron chi connectivity index (χ3n) is 2.54. The fourth-order valence-corrected chi connectivity index (χ4v) is 2.31. The van der Waals surface area contributed by atoms with Crippen molar-refractivity contribution in [1.82, 2.24) is 8.75 Å². The highest BCUT2D eigenvalue weighted by Gasteiger charge is 2.13. The van der Waals surface area contributed by atoms with Gasteiger partial charge < -0.3 is 14.8 Å². The maximum Gasteiger partial charge on any atom is 0.167 e. The Morgan fingerprint density at radius 3 is 2.53 bits per heavy atom. The maximum absolute atomic E-state index is 5.61. The first-order valence-corrected chi connectivity index (χ1v) is 6.93.